The van der Waals surface area contributed by atoms with Crippen LogP contribution in [0.25, 0.3) is 0 Å². The summed E-state index contributed by atoms with van der Waals surface area (Å²) < 4.78 is 1.62. The number of hydrogen-bond acceptors (Lipinski definition) is 3. The largest absolute Gasteiger partial charge is 0.390 e. The number of hydrogen-bond donors (Lipinski definition) is 2. The maximum atomic E-state index is 9.69. The summed E-state index contributed by atoms with van der Waals surface area (Å²) in [6.45, 7) is 0. The molecule has 2 atom stereocenters. The molecule has 72 valence electrons. The molecule has 4 heteroatoms. The van der Waals surface area contributed by atoms with Gasteiger partial charge in [0.2, 0.25) is 0 Å². The molecule has 1 aromatic rings. The minimum atomic E-state index is -0.825. The van der Waals surface area contributed by atoms with Crippen LogP contribution in [0.2, 0.25) is 0 Å². The molecule has 0 radical (unpaired) electrons. The van der Waals surface area contributed by atoms with Crippen molar-refractivity contribution in [2.24, 2.45) is 13.0 Å². The Morgan fingerprint density at radius 3 is 2.69 bits per heavy atom. The predicted molar refractivity (Wildman–Crippen MR) is 46.9 cm³/mol. The number of aliphatic hydroxyl groups excluding tert-OH is 2. The van der Waals surface area contributed by atoms with Crippen LogP contribution in [0.1, 0.15) is 24.6 Å². The van der Waals surface area contributed by atoms with Crippen LogP contribution in [-0.2, 0) is 7.05 Å². The lowest BCUT2D eigenvalue weighted by molar-refractivity contribution is 0.00215. The van der Waals surface area contributed by atoms with Crippen molar-refractivity contribution in [1.29, 1.82) is 0 Å². The summed E-state index contributed by atoms with van der Waals surface area (Å²) in [6, 6.07) is 1.73. The number of aliphatic hydroxyl groups is 2. The van der Waals surface area contributed by atoms with Crippen molar-refractivity contribution in [3.05, 3.63) is 18.0 Å². The lowest BCUT2D eigenvalue weighted by Crippen LogP contribution is -2.20. The SMILES string of the molecule is Cn1ccc(C(O)C(O)C2CC2)n1. The topological polar surface area (TPSA) is 58.3 Å². The monoisotopic (exact) mass is 182 g/mol. The van der Waals surface area contributed by atoms with E-state index in [0.717, 1.165) is 12.8 Å². The predicted octanol–water partition coefficient (Wildman–Crippen LogP) is 0.224. The second-order valence-corrected chi connectivity index (χ2v) is 3.69. The molecule has 1 fully saturated rings. The molecule has 13 heavy (non-hydrogen) atoms. The highest BCUT2D eigenvalue weighted by Crippen LogP contribution is 2.37. The number of aryl methyl sites for hydroxylation is 1. The van der Waals surface area contributed by atoms with Crippen LogP contribution in [-0.4, -0.2) is 26.1 Å². The van der Waals surface area contributed by atoms with Crippen molar-refractivity contribution in [3.8, 4) is 0 Å². The molecule has 1 aliphatic rings. The van der Waals surface area contributed by atoms with Crippen LogP contribution in [0.15, 0.2) is 12.3 Å². The fourth-order valence-electron chi connectivity index (χ4n) is 1.46. The normalized spacial score (nSPS) is 21.5. The van der Waals surface area contributed by atoms with Crippen molar-refractivity contribution in [2.45, 2.75) is 25.0 Å². The molecule has 0 aromatic carbocycles. The van der Waals surface area contributed by atoms with Crippen LogP contribution in [0, 0.1) is 5.92 Å². The van der Waals surface area contributed by atoms with E-state index in [0.29, 0.717) is 5.69 Å². The van der Waals surface area contributed by atoms with Crippen LogP contribution in [0.4, 0.5) is 0 Å². The van der Waals surface area contributed by atoms with Gasteiger partial charge in [-0.15, -0.1) is 0 Å². The highest BCUT2D eigenvalue weighted by atomic mass is 16.3. The first-order valence-electron chi connectivity index (χ1n) is 4.54. The van der Waals surface area contributed by atoms with Crippen molar-refractivity contribution in [2.75, 3.05) is 0 Å². The Morgan fingerprint density at radius 1 is 1.54 bits per heavy atom. The van der Waals surface area contributed by atoms with Gasteiger partial charge >= 0.3 is 0 Å². The van der Waals surface area contributed by atoms with Gasteiger partial charge in [-0.25, -0.2) is 0 Å². The van der Waals surface area contributed by atoms with Gasteiger partial charge in [0.05, 0.1) is 11.8 Å². The van der Waals surface area contributed by atoms with E-state index in [2.05, 4.69) is 5.10 Å². The summed E-state index contributed by atoms with van der Waals surface area (Å²) in [4.78, 5) is 0. The van der Waals surface area contributed by atoms with Gasteiger partial charge < -0.3 is 10.2 Å². The number of aromatic nitrogens is 2. The fraction of sp³-hybridized carbons (Fsp3) is 0.667. The first-order chi connectivity index (χ1) is 6.18. The van der Waals surface area contributed by atoms with E-state index in [4.69, 9.17) is 0 Å². The highest BCUT2D eigenvalue weighted by Gasteiger charge is 2.35. The van der Waals surface area contributed by atoms with Gasteiger partial charge in [0, 0.05) is 13.2 Å². The Balaban J connectivity index is 2.06. The van der Waals surface area contributed by atoms with E-state index < -0.39 is 12.2 Å². The zero-order valence-electron chi connectivity index (χ0n) is 7.59. The molecule has 1 aliphatic carbocycles. The molecule has 2 rings (SSSR count). The Morgan fingerprint density at radius 2 is 2.23 bits per heavy atom. The second kappa shape index (κ2) is 3.12. The van der Waals surface area contributed by atoms with Crippen molar-refractivity contribution in [1.82, 2.24) is 9.78 Å². The molecule has 0 aliphatic heterocycles. The Kier molecular flexibility index (Phi) is 2.09. The van der Waals surface area contributed by atoms with Gasteiger partial charge in [0.1, 0.15) is 6.10 Å². The highest BCUT2D eigenvalue weighted by molar-refractivity contribution is 5.06. The van der Waals surface area contributed by atoms with E-state index >= 15 is 0 Å². The second-order valence-electron chi connectivity index (χ2n) is 3.69. The number of rotatable bonds is 3. The van der Waals surface area contributed by atoms with Crippen LogP contribution in [0.3, 0.4) is 0 Å². The van der Waals surface area contributed by atoms with Gasteiger partial charge in [-0.05, 0) is 24.8 Å². The maximum Gasteiger partial charge on any atom is 0.124 e. The minimum Gasteiger partial charge on any atom is -0.390 e. The van der Waals surface area contributed by atoms with Crippen LogP contribution >= 0.6 is 0 Å². The summed E-state index contributed by atoms with van der Waals surface area (Å²) in [7, 11) is 1.79. The molecule has 0 bridgehead atoms. The first kappa shape index (κ1) is 8.72. The summed E-state index contributed by atoms with van der Waals surface area (Å²) in [5, 5.41) is 23.4. The third-order valence-corrected chi connectivity index (χ3v) is 2.47. The molecule has 4 nitrogen and oxygen atoms in total. The average molecular weight is 182 g/mol. The molecule has 1 heterocycles. The zero-order valence-corrected chi connectivity index (χ0v) is 7.59. The molecule has 0 saturated heterocycles. The van der Waals surface area contributed by atoms with E-state index in [1.54, 1.807) is 24.0 Å². The minimum absolute atomic E-state index is 0.275. The Bertz CT molecular complexity index is 294. The van der Waals surface area contributed by atoms with Gasteiger partial charge in [-0.1, -0.05) is 0 Å². The van der Waals surface area contributed by atoms with E-state index in [-0.39, 0.29) is 5.92 Å². The van der Waals surface area contributed by atoms with Gasteiger partial charge in [-0.2, -0.15) is 5.10 Å². The molecular weight excluding hydrogens is 168 g/mol. The van der Waals surface area contributed by atoms with Crippen molar-refractivity contribution >= 4 is 0 Å². The van der Waals surface area contributed by atoms with E-state index in [1.807, 2.05) is 0 Å². The lowest BCUT2D eigenvalue weighted by atomic mass is 10.1. The Hall–Kier alpha value is -0.870. The van der Waals surface area contributed by atoms with E-state index in [1.165, 1.54) is 0 Å². The van der Waals surface area contributed by atoms with E-state index in [9.17, 15) is 10.2 Å². The zero-order chi connectivity index (χ0) is 9.42. The molecule has 0 spiro atoms. The van der Waals surface area contributed by atoms with Gasteiger partial charge in [-0.3, -0.25) is 4.68 Å². The summed E-state index contributed by atoms with van der Waals surface area (Å²) in [5.41, 5.74) is 0.557. The van der Waals surface area contributed by atoms with Crippen LogP contribution in [0.5, 0.6) is 0 Å². The first-order valence-corrected chi connectivity index (χ1v) is 4.54. The third kappa shape index (κ3) is 1.73. The van der Waals surface area contributed by atoms with Crippen LogP contribution < -0.4 is 0 Å². The summed E-state index contributed by atoms with van der Waals surface area (Å²) in [5.74, 6) is 0.275. The van der Waals surface area contributed by atoms with Crippen molar-refractivity contribution < 1.29 is 10.2 Å². The molecule has 0 amide bonds. The molecule has 2 N–H and O–H groups in total. The maximum absolute atomic E-state index is 9.69. The third-order valence-electron chi connectivity index (χ3n) is 2.47. The molecular formula is C9H14N2O2. The molecule has 1 aromatic heterocycles. The molecule has 2 unspecified atom stereocenters. The van der Waals surface area contributed by atoms with Crippen molar-refractivity contribution in [3.63, 3.8) is 0 Å². The van der Waals surface area contributed by atoms with Gasteiger partial charge in [0.15, 0.2) is 0 Å². The quantitative estimate of drug-likeness (QED) is 0.703. The summed E-state index contributed by atoms with van der Waals surface area (Å²) in [6.07, 6.45) is 2.33. The smallest absolute Gasteiger partial charge is 0.124 e. The average Bonchev–Trinajstić information content (AvgIpc) is 2.87. The fourth-order valence-corrected chi connectivity index (χ4v) is 1.46. The molecule has 1 saturated carbocycles. The van der Waals surface area contributed by atoms with Gasteiger partial charge in [0.25, 0.3) is 0 Å². The summed E-state index contributed by atoms with van der Waals surface area (Å²) >= 11 is 0. The standard InChI is InChI=1S/C9H14N2O2/c1-11-5-4-7(10-11)9(13)8(12)6-2-3-6/h4-6,8-9,12-13H,2-3H2,1H3. The number of nitrogens with zero attached hydrogens (tertiary/aromatic N) is 2. The Labute approximate surface area is 76.8 Å². The lowest BCUT2D eigenvalue weighted by Gasteiger charge is -2.14.